The maximum absolute atomic E-state index is 12.5. The number of hydrogen-bond acceptors (Lipinski definition) is 3. The summed E-state index contributed by atoms with van der Waals surface area (Å²) >= 11 is 0. The molecule has 4 fully saturated rings. The molecule has 0 aromatic carbocycles. The van der Waals surface area contributed by atoms with Crippen LogP contribution in [-0.4, -0.2) is 27.9 Å². The van der Waals surface area contributed by atoms with Gasteiger partial charge < -0.3 is 16.0 Å². The van der Waals surface area contributed by atoms with E-state index in [1.54, 1.807) is 0 Å². The first-order valence-electron chi connectivity index (χ1n) is 9.50. The number of urea groups is 1. The number of carbonyl (C=O) groups excluding carboxylic acids is 1. The zero-order valence-electron chi connectivity index (χ0n) is 14.2. The van der Waals surface area contributed by atoms with Crippen LogP contribution in [0.15, 0.2) is 6.07 Å². The van der Waals surface area contributed by atoms with E-state index < -0.39 is 0 Å². The van der Waals surface area contributed by atoms with Crippen LogP contribution in [0.3, 0.4) is 0 Å². The van der Waals surface area contributed by atoms with Gasteiger partial charge in [-0.3, -0.25) is 4.68 Å². The second-order valence-electron chi connectivity index (χ2n) is 8.53. The molecular weight excluding hydrogens is 302 g/mol. The summed E-state index contributed by atoms with van der Waals surface area (Å²) in [5.74, 6) is 2.55. The highest BCUT2D eigenvalue weighted by molar-refractivity contribution is 5.74. The third-order valence-electron chi connectivity index (χ3n) is 6.57. The molecule has 6 rings (SSSR count). The molecule has 0 unspecified atom stereocenters. The SMILES string of the molecule is O=C(NCc1cc2n(n1)CCNC2)NC12CC3CC(CC(C3)C1)C2. The second kappa shape index (κ2) is 5.48. The van der Waals surface area contributed by atoms with Gasteiger partial charge in [0.2, 0.25) is 0 Å². The van der Waals surface area contributed by atoms with Gasteiger partial charge in [0.05, 0.1) is 24.5 Å². The van der Waals surface area contributed by atoms with Crippen LogP contribution in [0, 0.1) is 17.8 Å². The minimum Gasteiger partial charge on any atom is -0.333 e. The van der Waals surface area contributed by atoms with Crippen molar-refractivity contribution in [2.45, 2.75) is 63.7 Å². The van der Waals surface area contributed by atoms with Crippen molar-refractivity contribution >= 4 is 6.03 Å². The smallest absolute Gasteiger partial charge is 0.315 e. The highest BCUT2D eigenvalue weighted by atomic mass is 16.2. The fraction of sp³-hybridized carbons (Fsp3) is 0.778. The van der Waals surface area contributed by atoms with Gasteiger partial charge in [0.15, 0.2) is 0 Å². The molecule has 5 aliphatic rings. The lowest BCUT2D eigenvalue weighted by atomic mass is 9.53. The average Bonchev–Trinajstić information content (AvgIpc) is 2.94. The molecule has 1 aliphatic heterocycles. The Labute approximate surface area is 142 Å². The van der Waals surface area contributed by atoms with E-state index in [4.69, 9.17) is 0 Å². The Morgan fingerprint density at radius 2 is 1.96 bits per heavy atom. The van der Waals surface area contributed by atoms with Gasteiger partial charge in [0.1, 0.15) is 0 Å². The van der Waals surface area contributed by atoms with Crippen LogP contribution in [-0.2, 0) is 19.6 Å². The van der Waals surface area contributed by atoms with Gasteiger partial charge in [-0.05, 0) is 62.3 Å². The first kappa shape index (κ1) is 14.8. The normalized spacial score (nSPS) is 36.4. The Hall–Kier alpha value is -1.56. The van der Waals surface area contributed by atoms with Crippen molar-refractivity contribution in [1.82, 2.24) is 25.7 Å². The third-order valence-corrected chi connectivity index (χ3v) is 6.57. The van der Waals surface area contributed by atoms with Crippen molar-refractivity contribution in [1.29, 1.82) is 0 Å². The number of fused-ring (bicyclic) bond motifs is 1. The Balaban J connectivity index is 1.20. The van der Waals surface area contributed by atoms with Crippen molar-refractivity contribution in [3.63, 3.8) is 0 Å². The highest BCUT2D eigenvalue weighted by Crippen LogP contribution is 2.55. The van der Waals surface area contributed by atoms with Crippen LogP contribution in [0.4, 0.5) is 4.79 Å². The lowest BCUT2D eigenvalue weighted by molar-refractivity contribution is -0.0135. The molecule has 3 N–H and O–H groups in total. The Bertz CT molecular complexity index is 593. The summed E-state index contributed by atoms with van der Waals surface area (Å²) in [5.41, 5.74) is 2.24. The minimum absolute atomic E-state index is 0.0129. The molecule has 6 nitrogen and oxygen atoms in total. The summed E-state index contributed by atoms with van der Waals surface area (Å²) in [7, 11) is 0. The summed E-state index contributed by atoms with van der Waals surface area (Å²) in [5, 5.41) is 14.3. The summed E-state index contributed by atoms with van der Waals surface area (Å²) in [6.07, 6.45) is 7.77. The maximum Gasteiger partial charge on any atom is 0.315 e. The first-order chi connectivity index (χ1) is 11.7. The monoisotopic (exact) mass is 329 g/mol. The van der Waals surface area contributed by atoms with Gasteiger partial charge in [-0.25, -0.2) is 4.79 Å². The summed E-state index contributed by atoms with van der Waals surface area (Å²) in [6.45, 7) is 3.26. The van der Waals surface area contributed by atoms with E-state index in [1.165, 1.54) is 44.2 Å². The zero-order valence-corrected chi connectivity index (χ0v) is 14.2. The molecule has 2 amide bonds. The van der Waals surface area contributed by atoms with Gasteiger partial charge >= 0.3 is 6.03 Å². The summed E-state index contributed by atoms with van der Waals surface area (Å²) in [4.78, 5) is 12.5. The number of hydrogen-bond donors (Lipinski definition) is 3. The number of nitrogens with zero attached hydrogens (tertiary/aromatic N) is 2. The second-order valence-corrected chi connectivity index (χ2v) is 8.53. The molecule has 2 heterocycles. The number of amides is 2. The van der Waals surface area contributed by atoms with Crippen LogP contribution < -0.4 is 16.0 Å². The molecule has 1 aromatic heterocycles. The molecule has 130 valence electrons. The molecule has 1 aromatic rings. The standard InChI is InChI=1S/C18H27N5O/c24-17(20-10-15-6-16-11-19-1-2-23(16)22-15)21-18-7-12-3-13(8-18)5-14(4-12)9-18/h6,12-14,19H,1-5,7-11H2,(H2,20,21,24). The van der Waals surface area contributed by atoms with Crippen LogP contribution in [0.25, 0.3) is 0 Å². The Morgan fingerprint density at radius 1 is 1.25 bits per heavy atom. The molecule has 0 radical (unpaired) electrons. The number of aromatic nitrogens is 2. The Kier molecular flexibility index (Phi) is 3.37. The molecular formula is C18H27N5O. The zero-order chi connectivity index (χ0) is 16.1. The predicted octanol–water partition coefficient (Wildman–Crippen LogP) is 1.75. The van der Waals surface area contributed by atoms with Crippen molar-refractivity contribution in [3.8, 4) is 0 Å². The van der Waals surface area contributed by atoms with Crippen LogP contribution in [0.5, 0.6) is 0 Å². The molecule has 0 spiro atoms. The van der Waals surface area contributed by atoms with Crippen molar-refractivity contribution in [3.05, 3.63) is 17.5 Å². The lowest BCUT2D eigenvalue weighted by Crippen LogP contribution is -2.61. The lowest BCUT2D eigenvalue weighted by Gasteiger charge is -2.56. The summed E-state index contributed by atoms with van der Waals surface area (Å²) in [6, 6.07) is 2.08. The number of carbonyl (C=O) groups is 1. The van der Waals surface area contributed by atoms with Crippen molar-refractivity contribution in [2.24, 2.45) is 17.8 Å². The number of rotatable bonds is 3. The fourth-order valence-electron chi connectivity index (χ4n) is 6.06. The van der Waals surface area contributed by atoms with Gasteiger partial charge in [-0.2, -0.15) is 5.10 Å². The average molecular weight is 329 g/mol. The van der Waals surface area contributed by atoms with Gasteiger partial charge in [0.25, 0.3) is 0 Å². The quantitative estimate of drug-likeness (QED) is 0.791. The van der Waals surface area contributed by atoms with Gasteiger partial charge in [-0.15, -0.1) is 0 Å². The Morgan fingerprint density at radius 3 is 2.62 bits per heavy atom. The number of nitrogens with one attached hydrogen (secondary N) is 3. The van der Waals surface area contributed by atoms with E-state index in [0.717, 1.165) is 43.1 Å². The molecule has 4 aliphatic carbocycles. The van der Waals surface area contributed by atoms with Crippen molar-refractivity contribution in [2.75, 3.05) is 6.54 Å². The van der Waals surface area contributed by atoms with E-state index in [2.05, 4.69) is 27.1 Å². The van der Waals surface area contributed by atoms with Crippen LogP contribution in [0.1, 0.15) is 49.9 Å². The highest BCUT2D eigenvalue weighted by Gasteiger charge is 2.51. The largest absolute Gasteiger partial charge is 0.333 e. The van der Waals surface area contributed by atoms with Crippen molar-refractivity contribution < 1.29 is 4.79 Å². The van der Waals surface area contributed by atoms with E-state index in [1.807, 2.05) is 4.68 Å². The molecule has 6 heteroatoms. The topological polar surface area (TPSA) is 71.0 Å². The minimum atomic E-state index is -0.0129. The maximum atomic E-state index is 12.5. The molecule has 0 saturated heterocycles. The predicted molar refractivity (Wildman–Crippen MR) is 90.2 cm³/mol. The molecule has 4 bridgehead atoms. The molecule has 4 saturated carbocycles. The van der Waals surface area contributed by atoms with Gasteiger partial charge in [-0.1, -0.05) is 0 Å². The van der Waals surface area contributed by atoms with E-state index >= 15 is 0 Å². The molecule has 24 heavy (non-hydrogen) atoms. The first-order valence-corrected chi connectivity index (χ1v) is 9.50. The van der Waals surface area contributed by atoms with E-state index in [-0.39, 0.29) is 11.6 Å². The third kappa shape index (κ3) is 2.61. The van der Waals surface area contributed by atoms with E-state index in [9.17, 15) is 4.79 Å². The fourth-order valence-corrected chi connectivity index (χ4v) is 6.06. The van der Waals surface area contributed by atoms with E-state index in [0.29, 0.717) is 6.54 Å². The van der Waals surface area contributed by atoms with Crippen LogP contribution in [0.2, 0.25) is 0 Å². The van der Waals surface area contributed by atoms with Gasteiger partial charge in [0, 0.05) is 18.6 Å². The molecule has 0 atom stereocenters. The summed E-state index contributed by atoms with van der Waals surface area (Å²) < 4.78 is 2.05. The van der Waals surface area contributed by atoms with Crippen LogP contribution >= 0.6 is 0 Å².